The van der Waals surface area contributed by atoms with Crippen LogP contribution in [-0.2, 0) is 6.42 Å². The molecule has 0 spiro atoms. The van der Waals surface area contributed by atoms with Crippen molar-refractivity contribution in [2.75, 3.05) is 25.6 Å². The Kier molecular flexibility index (Phi) is 6.23. The predicted molar refractivity (Wildman–Crippen MR) is 122 cm³/mol. The fourth-order valence-electron chi connectivity index (χ4n) is 3.59. The van der Waals surface area contributed by atoms with Gasteiger partial charge < -0.3 is 25.8 Å². The minimum atomic E-state index is -0.544. The van der Waals surface area contributed by atoms with Crippen LogP contribution >= 0.6 is 0 Å². The Morgan fingerprint density at radius 1 is 1.23 bits per heavy atom. The van der Waals surface area contributed by atoms with E-state index in [9.17, 15) is 4.79 Å². The van der Waals surface area contributed by atoms with Gasteiger partial charge in [0.2, 0.25) is 0 Å². The highest BCUT2D eigenvalue weighted by Crippen LogP contribution is 2.37. The highest BCUT2D eigenvalue weighted by molar-refractivity contribution is 6.08. The summed E-state index contributed by atoms with van der Waals surface area (Å²) in [4.78, 5) is 16.6. The number of ether oxygens (including phenoxy) is 2. The van der Waals surface area contributed by atoms with Gasteiger partial charge in [-0.2, -0.15) is 0 Å². The number of pyridine rings is 1. The van der Waals surface area contributed by atoms with Crippen LogP contribution in [0.25, 0.3) is 10.9 Å². The molecule has 1 fully saturated rings. The Morgan fingerprint density at radius 3 is 2.74 bits per heavy atom. The molecule has 2 aromatic carbocycles. The quantitative estimate of drug-likeness (QED) is 0.432. The molecular formula is C24H28N4O3. The molecule has 1 aromatic heterocycles. The lowest BCUT2D eigenvalue weighted by Crippen LogP contribution is -2.22. The predicted octanol–water partition coefficient (Wildman–Crippen LogP) is 3.78. The van der Waals surface area contributed by atoms with E-state index in [1.807, 2.05) is 30.3 Å². The van der Waals surface area contributed by atoms with Crippen LogP contribution in [0.5, 0.6) is 11.5 Å². The second-order valence-corrected chi connectivity index (χ2v) is 7.64. The largest absolute Gasteiger partial charge is 0.493 e. The van der Waals surface area contributed by atoms with Gasteiger partial charge in [-0.3, -0.25) is 9.78 Å². The van der Waals surface area contributed by atoms with Crippen molar-refractivity contribution in [2.24, 2.45) is 5.73 Å². The Labute approximate surface area is 181 Å². The van der Waals surface area contributed by atoms with E-state index in [4.69, 9.17) is 15.2 Å². The molecule has 0 bridgehead atoms. The minimum Gasteiger partial charge on any atom is -0.493 e. The van der Waals surface area contributed by atoms with Crippen molar-refractivity contribution in [1.82, 2.24) is 10.3 Å². The molecule has 0 unspecified atom stereocenters. The van der Waals surface area contributed by atoms with Crippen LogP contribution in [0.1, 0.15) is 35.7 Å². The van der Waals surface area contributed by atoms with Crippen molar-refractivity contribution >= 4 is 28.2 Å². The van der Waals surface area contributed by atoms with Crippen molar-refractivity contribution in [2.45, 2.75) is 32.2 Å². The number of aromatic nitrogens is 1. The molecule has 0 aliphatic heterocycles. The molecule has 3 aromatic rings. The van der Waals surface area contributed by atoms with E-state index in [2.05, 4.69) is 28.6 Å². The summed E-state index contributed by atoms with van der Waals surface area (Å²) in [5.41, 5.74) is 9.35. The number of benzene rings is 2. The van der Waals surface area contributed by atoms with E-state index in [1.54, 1.807) is 7.11 Å². The lowest BCUT2D eigenvalue weighted by Gasteiger charge is -2.18. The number of anilines is 2. The maximum absolute atomic E-state index is 12.2. The summed E-state index contributed by atoms with van der Waals surface area (Å²) in [5.74, 6) is 0.652. The molecular weight excluding hydrogens is 392 g/mol. The molecule has 162 valence electrons. The molecule has 0 radical (unpaired) electrons. The fourth-order valence-corrected chi connectivity index (χ4v) is 3.59. The number of hydrogen-bond donors (Lipinski definition) is 3. The standard InChI is InChI=1S/C24H28N4O3/c1-3-15-6-4-5-7-19(15)28-23-17-12-22(31-11-10-26-16-8-9-16)21(30-2)13-20(17)27-14-18(23)24(25)29/h4-7,12-14,16,26H,3,8-11H2,1-2H3,(H2,25,29)(H,27,28). The van der Waals surface area contributed by atoms with Gasteiger partial charge in [0, 0.05) is 35.9 Å². The molecule has 4 rings (SSSR count). The van der Waals surface area contributed by atoms with Gasteiger partial charge in [0.1, 0.15) is 6.61 Å². The lowest BCUT2D eigenvalue weighted by molar-refractivity contribution is 0.100. The third-order valence-electron chi connectivity index (χ3n) is 5.45. The third-order valence-corrected chi connectivity index (χ3v) is 5.45. The Balaban J connectivity index is 1.74. The molecule has 7 heteroatoms. The monoisotopic (exact) mass is 420 g/mol. The van der Waals surface area contributed by atoms with Crippen LogP contribution in [0.3, 0.4) is 0 Å². The zero-order valence-electron chi connectivity index (χ0n) is 17.9. The third kappa shape index (κ3) is 4.72. The average Bonchev–Trinajstić information content (AvgIpc) is 3.61. The number of para-hydroxylation sites is 1. The average molecular weight is 421 g/mol. The van der Waals surface area contributed by atoms with Gasteiger partial charge in [-0.05, 0) is 37.0 Å². The molecule has 7 nitrogen and oxygen atoms in total. The Morgan fingerprint density at radius 2 is 2.03 bits per heavy atom. The summed E-state index contributed by atoms with van der Waals surface area (Å²) in [6.07, 6.45) is 4.82. The van der Waals surface area contributed by atoms with Crippen molar-refractivity contribution in [3.8, 4) is 11.5 Å². The summed E-state index contributed by atoms with van der Waals surface area (Å²) in [5, 5.41) is 7.60. The van der Waals surface area contributed by atoms with Crippen LogP contribution in [0.4, 0.5) is 11.4 Å². The van der Waals surface area contributed by atoms with Crippen molar-refractivity contribution in [3.63, 3.8) is 0 Å². The smallest absolute Gasteiger partial charge is 0.252 e. The van der Waals surface area contributed by atoms with Crippen LogP contribution < -0.4 is 25.8 Å². The normalized spacial score (nSPS) is 13.2. The van der Waals surface area contributed by atoms with Crippen molar-refractivity contribution in [3.05, 3.63) is 53.7 Å². The van der Waals surface area contributed by atoms with Gasteiger partial charge in [0.15, 0.2) is 11.5 Å². The second-order valence-electron chi connectivity index (χ2n) is 7.64. The highest BCUT2D eigenvalue weighted by atomic mass is 16.5. The molecule has 1 heterocycles. The van der Waals surface area contributed by atoms with E-state index in [0.29, 0.717) is 40.9 Å². The molecule has 1 amide bonds. The number of primary amides is 1. The number of nitrogens with one attached hydrogen (secondary N) is 2. The number of rotatable bonds is 10. The van der Waals surface area contributed by atoms with E-state index >= 15 is 0 Å². The van der Waals surface area contributed by atoms with Gasteiger partial charge in [-0.25, -0.2) is 0 Å². The summed E-state index contributed by atoms with van der Waals surface area (Å²) in [6, 6.07) is 12.3. The summed E-state index contributed by atoms with van der Waals surface area (Å²) >= 11 is 0. The lowest BCUT2D eigenvalue weighted by atomic mass is 10.1. The van der Waals surface area contributed by atoms with Crippen LogP contribution in [0.15, 0.2) is 42.6 Å². The highest BCUT2D eigenvalue weighted by Gasteiger charge is 2.20. The Bertz CT molecular complexity index is 1100. The first kappa shape index (κ1) is 20.9. The molecule has 1 aliphatic rings. The summed E-state index contributed by atoms with van der Waals surface area (Å²) in [6.45, 7) is 3.37. The topological polar surface area (TPSA) is 98.5 Å². The van der Waals surface area contributed by atoms with Gasteiger partial charge in [0.05, 0.1) is 23.9 Å². The van der Waals surface area contributed by atoms with Crippen LogP contribution in [0, 0.1) is 0 Å². The molecule has 0 saturated heterocycles. The maximum Gasteiger partial charge on any atom is 0.252 e. The number of nitrogens with two attached hydrogens (primary N) is 1. The number of carbonyl (C=O) groups excluding carboxylic acids is 1. The fraction of sp³-hybridized carbons (Fsp3) is 0.333. The minimum absolute atomic E-state index is 0.324. The second kappa shape index (κ2) is 9.22. The van der Waals surface area contributed by atoms with Gasteiger partial charge >= 0.3 is 0 Å². The number of hydrogen-bond acceptors (Lipinski definition) is 6. The number of nitrogens with zero attached hydrogens (tertiary/aromatic N) is 1. The van der Waals surface area contributed by atoms with E-state index in [1.165, 1.54) is 19.0 Å². The number of carbonyl (C=O) groups is 1. The molecule has 31 heavy (non-hydrogen) atoms. The molecule has 4 N–H and O–H groups in total. The summed E-state index contributed by atoms with van der Waals surface area (Å²) < 4.78 is 11.5. The molecule has 0 atom stereocenters. The first-order valence-electron chi connectivity index (χ1n) is 10.6. The van der Waals surface area contributed by atoms with Crippen molar-refractivity contribution < 1.29 is 14.3 Å². The molecule has 1 saturated carbocycles. The zero-order valence-corrected chi connectivity index (χ0v) is 17.9. The van der Waals surface area contributed by atoms with E-state index in [0.717, 1.165) is 29.6 Å². The van der Waals surface area contributed by atoms with Crippen molar-refractivity contribution in [1.29, 1.82) is 0 Å². The van der Waals surface area contributed by atoms with Gasteiger partial charge in [0.25, 0.3) is 5.91 Å². The molecule has 1 aliphatic carbocycles. The van der Waals surface area contributed by atoms with Gasteiger partial charge in [-0.1, -0.05) is 25.1 Å². The number of aryl methyl sites for hydroxylation is 1. The number of amides is 1. The Hall–Kier alpha value is -3.32. The van der Waals surface area contributed by atoms with Crippen LogP contribution in [0.2, 0.25) is 0 Å². The first-order valence-corrected chi connectivity index (χ1v) is 10.6. The number of methoxy groups -OCH3 is 1. The summed E-state index contributed by atoms with van der Waals surface area (Å²) in [7, 11) is 1.60. The zero-order chi connectivity index (χ0) is 21.8. The number of fused-ring (bicyclic) bond motifs is 1. The SMILES string of the molecule is CCc1ccccc1Nc1c(C(N)=O)cnc2cc(OC)c(OCCNC3CC3)cc12. The van der Waals surface area contributed by atoms with E-state index < -0.39 is 5.91 Å². The first-order chi connectivity index (χ1) is 15.1. The van der Waals surface area contributed by atoms with E-state index in [-0.39, 0.29) is 0 Å². The van der Waals surface area contributed by atoms with Gasteiger partial charge in [-0.15, -0.1) is 0 Å². The van der Waals surface area contributed by atoms with Crippen LogP contribution in [-0.4, -0.2) is 37.2 Å². The maximum atomic E-state index is 12.2.